The highest BCUT2D eigenvalue weighted by Crippen LogP contribution is 2.55. The number of fused-ring (bicyclic) bond motifs is 9. The zero-order valence-electron chi connectivity index (χ0n) is 46.3. The number of benzene rings is 13. The van der Waals surface area contributed by atoms with Gasteiger partial charge in [0, 0.05) is 5.41 Å². The van der Waals surface area contributed by atoms with Gasteiger partial charge in [0.15, 0.2) is 0 Å². The minimum atomic E-state index is -0.280. The van der Waals surface area contributed by atoms with E-state index in [2.05, 4.69) is 286 Å². The second-order valence-electron chi connectivity index (χ2n) is 24.1. The fraction of sp³-hybridized carbons (Fsp3) is 0.143. The Labute approximate surface area is 463 Å². The quantitative estimate of drug-likeness (QED) is 0.148. The molecule has 2 nitrogen and oxygen atoms in total. The molecular formula is C77H62O2. The van der Waals surface area contributed by atoms with Gasteiger partial charge in [-0.3, -0.25) is 0 Å². The molecule has 13 aromatic carbocycles. The summed E-state index contributed by atoms with van der Waals surface area (Å²) in [6.07, 6.45) is 0. The molecule has 0 atom stereocenters. The summed E-state index contributed by atoms with van der Waals surface area (Å²) in [5, 5.41) is 14.9. The van der Waals surface area contributed by atoms with Crippen LogP contribution in [-0.2, 0) is 5.41 Å². The van der Waals surface area contributed by atoms with E-state index in [4.69, 9.17) is 9.47 Å². The van der Waals surface area contributed by atoms with Crippen LogP contribution >= 0.6 is 0 Å². The highest BCUT2D eigenvalue weighted by atomic mass is 16.5. The number of rotatable bonds is 7. The Morgan fingerprint density at radius 3 is 0.709 bits per heavy atom. The molecule has 13 aromatic rings. The first-order chi connectivity index (χ1) is 38.2. The Kier molecular flexibility index (Phi) is 11.1. The van der Waals surface area contributed by atoms with Gasteiger partial charge in [0.2, 0.25) is 0 Å². The molecule has 0 aliphatic heterocycles. The van der Waals surface area contributed by atoms with Crippen molar-refractivity contribution < 1.29 is 9.47 Å². The van der Waals surface area contributed by atoms with E-state index in [-0.39, 0.29) is 16.6 Å². The van der Waals surface area contributed by atoms with Crippen molar-refractivity contribution in [1.82, 2.24) is 0 Å². The third kappa shape index (κ3) is 7.99. The van der Waals surface area contributed by atoms with Gasteiger partial charge in [-0.1, -0.05) is 208 Å². The molecule has 2 heteroatoms. The van der Waals surface area contributed by atoms with Crippen LogP contribution in [0, 0.1) is 0 Å². The minimum absolute atomic E-state index is 0.271. The predicted molar refractivity (Wildman–Crippen MR) is 337 cm³/mol. The van der Waals surface area contributed by atoms with Gasteiger partial charge < -0.3 is 9.47 Å². The zero-order valence-corrected chi connectivity index (χ0v) is 46.3. The standard InChI is InChI=1S/C77H62O2/c1-75(2,3)78-51-39-33-47(34-40-51)69-55-21-9-11-23-57(55)71(58-24-12-10-22-56(58)69)49-37-43-53-54-44-38-50(46-68(54)77(7,8)67(53)45-49)72-61-27-15-19-31-65(61)74(66-32-20-16-28-62(66)72)73-63-29-17-13-25-59(63)70(60-26-14-18-30-64(60)73)48-35-41-52(42-36-48)79-76(4,5)6/h9-46H,1-8H3. The van der Waals surface area contributed by atoms with E-state index in [1.165, 1.54) is 143 Å². The Hall–Kier alpha value is -8.98. The Morgan fingerprint density at radius 1 is 0.253 bits per heavy atom. The molecule has 0 saturated heterocycles. The van der Waals surface area contributed by atoms with E-state index in [0.717, 1.165) is 11.5 Å². The maximum absolute atomic E-state index is 6.28. The lowest BCUT2D eigenvalue weighted by Gasteiger charge is -2.24. The van der Waals surface area contributed by atoms with Crippen molar-refractivity contribution in [3.8, 4) is 78.3 Å². The largest absolute Gasteiger partial charge is 0.488 e. The lowest BCUT2D eigenvalue weighted by molar-refractivity contribution is 0.130. The van der Waals surface area contributed by atoms with Crippen molar-refractivity contribution in [2.45, 2.75) is 72.0 Å². The summed E-state index contributed by atoms with van der Waals surface area (Å²) in [4.78, 5) is 0. The molecule has 0 spiro atoms. The predicted octanol–water partition coefficient (Wildman–Crippen LogP) is 21.6. The Morgan fingerprint density at radius 2 is 0.468 bits per heavy atom. The van der Waals surface area contributed by atoms with E-state index in [1.807, 2.05) is 0 Å². The van der Waals surface area contributed by atoms with E-state index >= 15 is 0 Å². The average molecular weight is 1020 g/mol. The van der Waals surface area contributed by atoms with Gasteiger partial charge >= 0.3 is 0 Å². The number of ether oxygens (including phenoxy) is 2. The summed E-state index contributed by atoms with van der Waals surface area (Å²) in [6.45, 7) is 17.4. The summed E-state index contributed by atoms with van der Waals surface area (Å²) < 4.78 is 12.5. The molecule has 382 valence electrons. The fourth-order valence-corrected chi connectivity index (χ4v) is 13.3. The molecule has 14 rings (SSSR count). The van der Waals surface area contributed by atoms with E-state index in [1.54, 1.807) is 0 Å². The monoisotopic (exact) mass is 1020 g/mol. The molecular weight excluding hydrogens is 957 g/mol. The third-order valence-corrected chi connectivity index (χ3v) is 16.4. The second-order valence-corrected chi connectivity index (χ2v) is 24.1. The van der Waals surface area contributed by atoms with Crippen LogP contribution in [-0.4, -0.2) is 11.2 Å². The van der Waals surface area contributed by atoms with Gasteiger partial charge in [-0.25, -0.2) is 0 Å². The summed E-state index contributed by atoms with van der Waals surface area (Å²) >= 11 is 0. The minimum Gasteiger partial charge on any atom is -0.488 e. The molecule has 0 heterocycles. The van der Waals surface area contributed by atoms with E-state index < -0.39 is 0 Å². The molecule has 0 bridgehead atoms. The molecule has 0 fully saturated rings. The zero-order chi connectivity index (χ0) is 54.0. The first kappa shape index (κ1) is 48.4. The van der Waals surface area contributed by atoms with E-state index in [9.17, 15) is 0 Å². The molecule has 79 heavy (non-hydrogen) atoms. The van der Waals surface area contributed by atoms with Crippen molar-refractivity contribution in [1.29, 1.82) is 0 Å². The lowest BCUT2D eigenvalue weighted by Crippen LogP contribution is -2.22. The van der Waals surface area contributed by atoms with E-state index in [0.29, 0.717) is 0 Å². The molecule has 0 N–H and O–H groups in total. The third-order valence-electron chi connectivity index (χ3n) is 16.4. The van der Waals surface area contributed by atoms with Crippen molar-refractivity contribution in [2.24, 2.45) is 0 Å². The SMILES string of the molecule is CC(C)(C)Oc1ccc(-c2c3ccccc3c(-c3ccc4c(c3)C(C)(C)c3cc(-c5c6ccccc6c(-c6c7ccccc7c(-c7ccc(OC(C)(C)C)cc7)c7ccccc67)c6ccccc56)ccc3-4)c3ccccc23)cc1. The molecule has 1 aliphatic rings. The smallest absolute Gasteiger partial charge is 0.120 e. The number of hydrogen-bond donors (Lipinski definition) is 0. The van der Waals surface area contributed by atoms with Crippen molar-refractivity contribution >= 4 is 64.6 Å². The van der Waals surface area contributed by atoms with Crippen LogP contribution in [0.5, 0.6) is 11.5 Å². The average Bonchev–Trinajstić information content (AvgIpc) is 3.27. The lowest BCUT2D eigenvalue weighted by atomic mass is 9.79. The topological polar surface area (TPSA) is 18.5 Å². The van der Waals surface area contributed by atoms with Gasteiger partial charge in [0.25, 0.3) is 0 Å². The van der Waals surface area contributed by atoms with Crippen LogP contribution in [0.25, 0.3) is 131 Å². The van der Waals surface area contributed by atoms with Crippen LogP contribution in [0.15, 0.2) is 231 Å². The van der Waals surface area contributed by atoms with Gasteiger partial charge in [0.1, 0.15) is 22.7 Å². The summed E-state index contributed by atoms with van der Waals surface area (Å²) in [6, 6.07) is 86.0. The number of hydrogen-bond acceptors (Lipinski definition) is 2. The molecule has 0 unspecified atom stereocenters. The van der Waals surface area contributed by atoms with Gasteiger partial charge in [-0.05, 0) is 220 Å². The van der Waals surface area contributed by atoms with Crippen molar-refractivity contribution in [3.63, 3.8) is 0 Å². The maximum atomic E-state index is 6.28. The highest BCUT2D eigenvalue weighted by Gasteiger charge is 2.37. The Bertz CT molecular complexity index is 4450. The molecule has 0 amide bonds. The van der Waals surface area contributed by atoms with Gasteiger partial charge in [-0.2, -0.15) is 0 Å². The van der Waals surface area contributed by atoms with Crippen LogP contribution in [0.3, 0.4) is 0 Å². The van der Waals surface area contributed by atoms with Crippen LogP contribution in [0.1, 0.15) is 66.5 Å². The van der Waals surface area contributed by atoms with Crippen molar-refractivity contribution in [2.75, 3.05) is 0 Å². The fourth-order valence-electron chi connectivity index (χ4n) is 13.3. The van der Waals surface area contributed by atoms with Crippen LogP contribution < -0.4 is 9.47 Å². The summed E-state index contributed by atoms with van der Waals surface area (Å²) in [7, 11) is 0. The van der Waals surface area contributed by atoms with Crippen molar-refractivity contribution in [3.05, 3.63) is 242 Å². The molecule has 0 saturated carbocycles. The Balaban J connectivity index is 0.911. The van der Waals surface area contributed by atoms with Gasteiger partial charge in [-0.15, -0.1) is 0 Å². The highest BCUT2D eigenvalue weighted by molar-refractivity contribution is 6.30. The molecule has 0 aromatic heterocycles. The maximum Gasteiger partial charge on any atom is 0.120 e. The first-order valence-electron chi connectivity index (χ1n) is 27.9. The molecule has 1 aliphatic carbocycles. The summed E-state index contributed by atoms with van der Waals surface area (Å²) in [5.74, 6) is 1.75. The normalized spacial score (nSPS) is 13.2. The first-order valence-corrected chi connectivity index (χ1v) is 27.9. The summed E-state index contributed by atoms with van der Waals surface area (Å²) in [5.41, 5.74) is 16.8. The molecule has 0 radical (unpaired) electrons. The van der Waals surface area contributed by atoms with Crippen LogP contribution in [0.2, 0.25) is 0 Å². The van der Waals surface area contributed by atoms with Gasteiger partial charge in [0.05, 0.1) is 0 Å². The van der Waals surface area contributed by atoms with Crippen LogP contribution in [0.4, 0.5) is 0 Å². The second kappa shape index (κ2) is 18.0.